The van der Waals surface area contributed by atoms with Gasteiger partial charge in [0.15, 0.2) is 5.96 Å². The molecule has 1 aliphatic rings. The smallest absolute Gasteiger partial charge is 0.242 e. The van der Waals surface area contributed by atoms with Crippen LogP contribution in [0, 0.1) is 0 Å². The molecule has 0 saturated carbocycles. The number of ether oxygens (including phenoxy) is 1. The Morgan fingerprint density at radius 2 is 1.82 bits per heavy atom. The Hall–Kier alpha value is -1.39. The van der Waals surface area contributed by atoms with Crippen LogP contribution >= 0.6 is 24.0 Å². The third-order valence-electron chi connectivity index (χ3n) is 4.61. The average molecular weight is 503 g/mol. The van der Waals surface area contributed by atoms with Gasteiger partial charge in [-0.1, -0.05) is 30.3 Å². The molecule has 1 fully saturated rings. The predicted molar refractivity (Wildman–Crippen MR) is 124 cm³/mol. The summed E-state index contributed by atoms with van der Waals surface area (Å²) in [6.45, 7) is 12.0. The highest BCUT2D eigenvalue weighted by atomic mass is 127. The molecule has 1 aliphatic heterocycles. The first-order valence-corrected chi connectivity index (χ1v) is 9.67. The summed E-state index contributed by atoms with van der Waals surface area (Å²) in [5, 5.41) is 9.46. The molecule has 1 heterocycles. The molecule has 0 bridgehead atoms. The van der Waals surface area contributed by atoms with Gasteiger partial charge in [-0.2, -0.15) is 0 Å². The molecule has 28 heavy (non-hydrogen) atoms. The summed E-state index contributed by atoms with van der Waals surface area (Å²) in [5.74, 6) is 0.567. The minimum atomic E-state index is -0.0940. The van der Waals surface area contributed by atoms with Crippen molar-refractivity contribution in [1.82, 2.24) is 20.9 Å². The fraction of sp³-hybridized carbons (Fsp3) is 0.600. The molecule has 0 aliphatic carbocycles. The fourth-order valence-corrected chi connectivity index (χ4v) is 2.93. The van der Waals surface area contributed by atoms with Gasteiger partial charge in [0.05, 0.1) is 13.2 Å². The third kappa shape index (κ3) is 8.74. The summed E-state index contributed by atoms with van der Waals surface area (Å²) in [7, 11) is 0. The highest BCUT2D eigenvalue weighted by Gasteiger charge is 2.28. The van der Waals surface area contributed by atoms with E-state index in [0.29, 0.717) is 12.5 Å². The van der Waals surface area contributed by atoms with Gasteiger partial charge in [0.1, 0.15) is 6.54 Å². The lowest BCUT2D eigenvalue weighted by molar-refractivity contribution is -0.119. The first-order chi connectivity index (χ1) is 13.0. The lowest BCUT2D eigenvalue weighted by Gasteiger charge is -2.41. The molecule has 0 spiro atoms. The van der Waals surface area contributed by atoms with E-state index in [1.165, 1.54) is 0 Å². The normalized spacial score (nSPS) is 15.5. The third-order valence-corrected chi connectivity index (χ3v) is 4.61. The van der Waals surface area contributed by atoms with Gasteiger partial charge in [0.25, 0.3) is 0 Å². The second-order valence-corrected chi connectivity index (χ2v) is 7.22. The molecular weight excluding hydrogens is 469 g/mol. The lowest BCUT2D eigenvalue weighted by atomic mass is 10.0. The van der Waals surface area contributed by atoms with Gasteiger partial charge in [-0.05, 0) is 26.3 Å². The molecule has 1 amide bonds. The van der Waals surface area contributed by atoms with Crippen LogP contribution in [-0.2, 0) is 16.1 Å². The molecule has 7 nitrogen and oxygen atoms in total. The molecule has 0 aromatic heterocycles. The number of halogens is 1. The van der Waals surface area contributed by atoms with E-state index in [4.69, 9.17) is 4.74 Å². The summed E-state index contributed by atoms with van der Waals surface area (Å²) < 4.78 is 5.44. The van der Waals surface area contributed by atoms with Gasteiger partial charge in [-0.3, -0.25) is 9.69 Å². The largest absolute Gasteiger partial charge is 0.379 e. The van der Waals surface area contributed by atoms with E-state index in [-0.39, 0.29) is 42.0 Å². The highest BCUT2D eigenvalue weighted by Crippen LogP contribution is 2.14. The maximum Gasteiger partial charge on any atom is 0.242 e. The van der Waals surface area contributed by atoms with Crippen molar-refractivity contribution in [1.29, 1.82) is 0 Å². The van der Waals surface area contributed by atoms with Gasteiger partial charge >= 0.3 is 0 Å². The van der Waals surface area contributed by atoms with Crippen LogP contribution in [0.2, 0.25) is 0 Å². The number of aliphatic imine (C=N–C) groups is 1. The first kappa shape index (κ1) is 24.6. The minimum absolute atomic E-state index is 0. The Labute approximate surface area is 185 Å². The van der Waals surface area contributed by atoms with E-state index in [1.807, 2.05) is 37.3 Å². The molecule has 1 saturated heterocycles. The van der Waals surface area contributed by atoms with Crippen molar-refractivity contribution >= 4 is 35.8 Å². The number of morpholine rings is 1. The van der Waals surface area contributed by atoms with E-state index in [9.17, 15) is 4.79 Å². The molecule has 3 N–H and O–H groups in total. The summed E-state index contributed by atoms with van der Waals surface area (Å²) >= 11 is 0. The lowest BCUT2D eigenvalue weighted by Crippen LogP contribution is -2.56. The molecule has 8 heteroatoms. The number of guanidine groups is 1. The van der Waals surface area contributed by atoms with Crippen molar-refractivity contribution in [2.24, 2.45) is 4.99 Å². The molecule has 0 radical (unpaired) electrons. The second kappa shape index (κ2) is 12.9. The number of nitrogens with zero attached hydrogens (tertiary/aromatic N) is 2. The zero-order chi connectivity index (χ0) is 19.5. The average Bonchev–Trinajstić information content (AvgIpc) is 2.70. The van der Waals surface area contributed by atoms with Gasteiger partial charge in [-0.15, -0.1) is 24.0 Å². The van der Waals surface area contributed by atoms with Crippen molar-refractivity contribution in [3.63, 3.8) is 0 Å². The second-order valence-electron chi connectivity index (χ2n) is 7.22. The minimum Gasteiger partial charge on any atom is -0.379 e. The van der Waals surface area contributed by atoms with Crippen LogP contribution in [0.15, 0.2) is 35.3 Å². The number of hydrogen-bond acceptors (Lipinski definition) is 4. The molecule has 0 atom stereocenters. The molecule has 1 aromatic rings. The first-order valence-electron chi connectivity index (χ1n) is 9.67. The van der Waals surface area contributed by atoms with E-state index in [0.717, 1.165) is 45.0 Å². The summed E-state index contributed by atoms with van der Waals surface area (Å²) in [6.07, 6.45) is 0. The van der Waals surface area contributed by atoms with E-state index >= 15 is 0 Å². The Morgan fingerprint density at radius 1 is 1.14 bits per heavy atom. The summed E-state index contributed by atoms with van der Waals surface area (Å²) in [5.41, 5.74) is 1.06. The van der Waals surface area contributed by atoms with Crippen LogP contribution in [0.1, 0.15) is 26.3 Å². The van der Waals surface area contributed by atoms with Crippen LogP contribution in [0.5, 0.6) is 0 Å². The standard InChI is InChI=1S/C20H33N5O2.HI/c1-4-21-19(24-16-20(2,3)25-10-12-27-13-11-25)23-15-18(26)22-14-17-8-6-5-7-9-17;/h5-9H,4,10-16H2,1-3H3,(H,22,26)(H2,21,23,24);1H. The number of rotatable bonds is 8. The van der Waals surface area contributed by atoms with Crippen LogP contribution in [0.4, 0.5) is 0 Å². The molecule has 158 valence electrons. The van der Waals surface area contributed by atoms with Gasteiger partial charge < -0.3 is 20.7 Å². The van der Waals surface area contributed by atoms with E-state index in [2.05, 4.69) is 39.7 Å². The van der Waals surface area contributed by atoms with Gasteiger partial charge in [-0.25, -0.2) is 4.99 Å². The number of carbonyl (C=O) groups excluding carboxylic acids is 1. The fourth-order valence-electron chi connectivity index (χ4n) is 2.93. The van der Waals surface area contributed by atoms with Gasteiger partial charge in [0.2, 0.25) is 5.91 Å². The number of benzene rings is 1. The monoisotopic (exact) mass is 503 g/mol. The van der Waals surface area contributed by atoms with Crippen LogP contribution in [0.25, 0.3) is 0 Å². The molecule has 1 aromatic carbocycles. The van der Waals surface area contributed by atoms with E-state index < -0.39 is 0 Å². The Morgan fingerprint density at radius 3 is 2.46 bits per heavy atom. The molecule has 0 unspecified atom stereocenters. The van der Waals surface area contributed by atoms with Crippen LogP contribution in [-0.4, -0.2) is 68.2 Å². The molecule has 2 rings (SSSR count). The SMILES string of the molecule is CCNC(=NCC(=O)NCc1ccccc1)NCC(C)(C)N1CCOCC1.I. The van der Waals surface area contributed by atoms with Crippen molar-refractivity contribution < 1.29 is 9.53 Å². The van der Waals surface area contributed by atoms with Crippen LogP contribution in [0.3, 0.4) is 0 Å². The Bertz CT molecular complexity index is 604. The highest BCUT2D eigenvalue weighted by molar-refractivity contribution is 14.0. The zero-order valence-corrected chi connectivity index (χ0v) is 19.5. The number of carbonyl (C=O) groups is 1. The zero-order valence-electron chi connectivity index (χ0n) is 17.2. The number of amides is 1. The van der Waals surface area contributed by atoms with Crippen molar-refractivity contribution in [3.8, 4) is 0 Å². The molecular formula is C20H34IN5O2. The van der Waals surface area contributed by atoms with E-state index in [1.54, 1.807) is 0 Å². The summed E-state index contributed by atoms with van der Waals surface area (Å²) in [4.78, 5) is 18.9. The van der Waals surface area contributed by atoms with Crippen LogP contribution < -0.4 is 16.0 Å². The summed E-state index contributed by atoms with van der Waals surface area (Å²) in [6, 6.07) is 9.86. The maximum atomic E-state index is 12.1. The van der Waals surface area contributed by atoms with Crippen molar-refractivity contribution in [2.75, 3.05) is 45.9 Å². The number of hydrogen-bond donors (Lipinski definition) is 3. The maximum absolute atomic E-state index is 12.1. The van der Waals surface area contributed by atoms with Crippen molar-refractivity contribution in [3.05, 3.63) is 35.9 Å². The Kier molecular flexibility index (Phi) is 11.4. The number of nitrogens with one attached hydrogen (secondary N) is 3. The van der Waals surface area contributed by atoms with Crippen molar-refractivity contribution in [2.45, 2.75) is 32.9 Å². The quantitative estimate of drug-likeness (QED) is 0.286. The predicted octanol–water partition coefficient (Wildman–Crippen LogP) is 1.59. The topological polar surface area (TPSA) is 78.0 Å². The Balaban J connectivity index is 0.00000392. The van der Waals surface area contributed by atoms with Gasteiger partial charge in [0, 0.05) is 38.3 Å².